The zero-order valence-electron chi connectivity index (χ0n) is 11.1. The summed E-state index contributed by atoms with van der Waals surface area (Å²) in [5.41, 5.74) is 7.72. The number of aryl methyl sites for hydroxylation is 1. The van der Waals surface area contributed by atoms with Crippen LogP contribution in [0.4, 0.5) is 0 Å². The molecular formula is C14H19BN2O. The lowest BCUT2D eigenvalue weighted by molar-refractivity contribution is 0.0654. The van der Waals surface area contributed by atoms with Crippen LogP contribution in [0.1, 0.15) is 40.7 Å². The lowest BCUT2D eigenvalue weighted by Gasteiger charge is -2.28. The fourth-order valence-corrected chi connectivity index (χ4v) is 2.93. The minimum absolute atomic E-state index is 0.141. The number of carbonyl (C=O) groups is 1. The third-order valence-electron chi connectivity index (χ3n) is 4.14. The van der Waals surface area contributed by atoms with E-state index < -0.39 is 0 Å². The van der Waals surface area contributed by atoms with Crippen molar-refractivity contribution in [2.24, 2.45) is 5.92 Å². The van der Waals surface area contributed by atoms with Crippen LogP contribution in [0.5, 0.6) is 0 Å². The molecule has 4 heteroatoms. The molecule has 0 aromatic heterocycles. The Hall–Kier alpha value is -1.29. The Balaban J connectivity index is 1.74. The second-order valence-corrected chi connectivity index (χ2v) is 5.67. The zero-order valence-corrected chi connectivity index (χ0v) is 11.1. The summed E-state index contributed by atoms with van der Waals surface area (Å²) in [5, 5.41) is 1.79. The van der Waals surface area contributed by atoms with Crippen molar-refractivity contribution in [2.75, 3.05) is 6.54 Å². The van der Waals surface area contributed by atoms with E-state index in [0.29, 0.717) is 6.54 Å². The molecule has 3 nitrogen and oxygen atoms in total. The molecule has 1 aliphatic heterocycles. The lowest BCUT2D eigenvalue weighted by Crippen LogP contribution is -2.42. The molecule has 18 heavy (non-hydrogen) atoms. The first-order valence-electron chi connectivity index (χ1n) is 6.80. The smallest absolute Gasteiger partial charge is 0.268 e. The van der Waals surface area contributed by atoms with Gasteiger partial charge in [0.1, 0.15) is 7.85 Å². The number of amides is 1. The number of carbonyl (C=O) groups excluding carboxylic acids is 1. The highest BCUT2D eigenvalue weighted by molar-refractivity contribution is 6.32. The number of nitrogens with zero attached hydrogens (tertiary/aromatic N) is 1. The highest BCUT2D eigenvalue weighted by atomic mass is 16.2. The van der Waals surface area contributed by atoms with Gasteiger partial charge < -0.3 is 0 Å². The summed E-state index contributed by atoms with van der Waals surface area (Å²) in [7, 11) is 2.09. The van der Waals surface area contributed by atoms with Gasteiger partial charge in [-0.1, -0.05) is 24.0 Å². The second kappa shape index (κ2) is 4.43. The number of rotatable bonds is 3. The largest absolute Gasteiger partial charge is 0.269 e. The van der Waals surface area contributed by atoms with E-state index in [2.05, 4.69) is 25.4 Å². The van der Waals surface area contributed by atoms with Crippen LogP contribution in [-0.2, 0) is 6.54 Å². The summed E-state index contributed by atoms with van der Waals surface area (Å²) in [4.78, 5) is 12.3. The van der Waals surface area contributed by atoms with E-state index in [1.165, 1.54) is 30.3 Å². The standard InChI is InChI=1S/C14H19BN2O/c1-9-5-12(15)6-11-8-17(14(18)13(9)11)16-7-10-3-2-4-10/h5-6,10,16H,2-4,7-8,15H2,1H3. The Kier molecular flexibility index (Phi) is 2.90. The molecule has 0 radical (unpaired) electrons. The molecule has 0 bridgehead atoms. The molecule has 3 rings (SSSR count). The molecule has 1 amide bonds. The number of hydrogen-bond donors (Lipinski definition) is 1. The molecule has 0 spiro atoms. The predicted molar refractivity (Wildman–Crippen MR) is 74.6 cm³/mol. The average molecular weight is 242 g/mol. The van der Waals surface area contributed by atoms with E-state index in [9.17, 15) is 4.79 Å². The fraction of sp³-hybridized carbons (Fsp3) is 0.500. The molecule has 1 aliphatic carbocycles. The molecular weight excluding hydrogens is 223 g/mol. The van der Waals surface area contributed by atoms with Crippen LogP contribution in [0.25, 0.3) is 0 Å². The topological polar surface area (TPSA) is 32.3 Å². The van der Waals surface area contributed by atoms with Gasteiger partial charge in [0.2, 0.25) is 0 Å². The van der Waals surface area contributed by atoms with Crippen molar-refractivity contribution in [3.05, 3.63) is 28.8 Å². The van der Waals surface area contributed by atoms with Crippen LogP contribution in [0.15, 0.2) is 12.1 Å². The molecule has 1 aromatic rings. The Morgan fingerprint density at radius 2 is 2.22 bits per heavy atom. The summed E-state index contributed by atoms with van der Waals surface area (Å²) in [6.45, 7) is 3.68. The molecule has 0 unspecified atom stereocenters. The highest BCUT2D eigenvalue weighted by Crippen LogP contribution is 2.27. The second-order valence-electron chi connectivity index (χ2n) is 5.67. The van der Waals surface area contributed by atoms with Crippen LogP contribution >= 0.6 is 0 Å². The van der Waals surface area contributed by atoms with Crippen molar-refractivity contribution in [3.63, 3.8) is 0 Å². The first-order chi connectivity index (χ1) is 8.65. The van der Waals surface area contributed by atoms with Crippen molar-refractivity contribution >= 4 is 19.2 Å². The predicted octanol–water partition coefficient (Wildman–Crippen LogP) is 0.514. The van der Waals surface area contributed by atoms with Gasteiger partial charge in [0, 0.05) is 12.1 Å². The number of hydrogen-bond acceptors (Lipinski definition) is 2. The van der Waals surface area contributed by atoms with Crippen molar-refractivity contribution in [1.82, 2.24) is 10.4 Å². The van der Waals surface area contributed by atoms with E-state index in [1.54, 1.807) is 5.01 Å². The molecule has 1 heterocycles. The number of benzene rings is 1. The van der Waals surface area contributed by atoms with E-state index in [4.69, 9.17) is 0 Å². The minimum Gasteiger partial charge on any atom is -0.269 e. The Bertz CT molecular complexity index is 497. The van der Waals surface area contributed by atoms with Crippen molar-refractivity contribution in [1.29, 1.82) is 0 Å². The van der Waals surface area contributed by atoms with Crippen molar-refractivity contribution < 1.29 is 4.79 Å². The first-order valence-corrected chi connectivity index (χ1v) is 6.80. The maximum absolute atomic E-state index is 12.3. The summed E-state index contributed by atoms with van der Waals surface area (Å²) in [6, 6.07) is 4.22. The summed E-state index contributed by atoms with van der Waals surface area (Å²) in [6.07, 6.45) is 3.96. The van der Waals surface area contributed by atoms with E-state index in [0.717, 1.165) is 23.6 Å². The number of fused-ring (bicyclic) bond motifs is 1. The molecule has 1 fully saturated rings. The van der Waals surface area contributed by atoms with Crippen molar-refractivity contribution in [2.45, 2.75) is 32.7 Å². The van der Waals surface area contributed by atoms with E-state index in [-0.39, 0.29) is 5.91 Å². The highest BCUT2D eigenvalue weighted by Gasteiger charge is 2.30. The van der Waals surface area contributed by atoms with Crippen LogP contribution in [0.3, 0.4) is 0 Å². The van der Waals surface area contributed by atoms with Crippen LogP contribution < -0.4 is 10.9 Å². The Morgan fingerprint density at radius 3 is 2.89 bits per heavy atom. The third-order valence-corrected chi connectivity index (χ3v) is 4.14. The van der Waals surface area contributed by atoms with Gasteiger partial charge in [-0.3, -0.25) is 9.80 Å². The van der Waals surface area contributed by atoms with Gasteiger partial charge in [0.05, 0.1) is 6.54 Å². The molecule has 1 aromatic carbocycles. The number of nitrogens with one attached hydrogen (secondary N) is 1. The molecule has 94 valence electrons. The fourth-order valence-electron chi connectivity index (χ4n) is 2.93. The molecule has 2 aliphatic rings. The SMILES string of the molecule is Bc1cc(C)c2c(c1)CN(NCC1CCC1)C2=O. The average Bonchev–Trinajstić information content (AvgIpc) is 2.53. The first kappa shape index (κ1) is 11.8. The normalized spacial score (nSPS) is 18.9. The van der Waals surface area contributed by atoms with Crippen LogP contribution in [-0.4, -0.2) is 25.3 Å². The Morgan fingerprint density at radius 1 is 1.44 bits per heavy atom. The molecule has 1 N–H and O–H groups in total. The van der Waals surface area contributed by atoms with Crippen LogP contribution in [0, 0.1) is 12.8 Å². The Labute approximate surface area is 109 Å². The summed E-state index contributed by atoms with van der Waals surface area (Å²) >= 11 is 0. The van der Waals surface area contributed by atoms with Gasteiger partial charge in [0.25, 0.3) is 5.91 Å². The maximum Gasteiger partial charge on any atom is 0.268 e. The van der Waals surface area contributed by atoms with Gasteiger partial charge in [-0.15, -0.1) is 0 Å². The third kappa shape index (κ3) is 1.95. The summed E-state index contributed by atoms with van der Waals surface area (Å²) < 4.78 is 0. The van der Waals surface area contributed by atoms with Gasteiger partial charge in [-0.25, -0.2) is 5.43 Å². The van der Waals surface area contributed by atoms with E-state index in [1.807, 2.05) is 6.92 Å². The zero-order chi connectivity index (χ0) is 12.7. The molecule has 1 saturated carbocycles. The quantitative estimate of drug-likeness (QED) is 0.783. The summed E-state index contributed by atoms with van der Waals surface area (Å²) in [5.74, 6) is 0.908. The van der Waals surface area contributed by atoms with E-state index >= 15 is 0 Å². The minimum atomic E-state index is 0.141. The van der Waals surface area contributed by atoms with Gasteiger partial charge >= 0.3 is 0 Å². The van der Waals surface area contributed by atoms with Gasteiger partial charge in [-0.05, 0) is 36.8 Å². The lowest BCUT2D eigenvalue weighted by atomic mass is 9.86. The molecule has 0 saturated heterocycles. The van der Waals surface area contributed by atoms with Gasteiger partial charge in [0.15, 0.2) is 0 Å². The molecule has 0 atom stereocenters. The maximum atomic E-state index is 12.3. The van der Waals surface area contributed by atoms with Gasteiger partial charge in [-0.2, -0.15) is 0 Å². The van der Waals surface area contributed by atoms with Crippen molar-refractivity contribution in [3.8, 4) is 0 Å². The van der Waals surface area contributed by atoms with Crippen LogP contribution in [0.2, 0.25) is 0 Å². The monoisotopic (exact) mass is 242 g/mol. The number of hydrazine groups is 1.